The molecule has 3 aromatic rings. The van der Waals surface area contributed by atoms with Gasteiger partial charge in [0, 0.05) is 22.3 Å². The molecule has 0 aliphatic heterocycles. The van der Waals surface area contributed by atoms with Gasteiger partial charge in [-0.1, -0.05) is 39.7 Å². The molecule has 152 valence electrons. The van der Waals surface area contributed by atoms with E-state index in [9.17, 15) is 4.39 Å². The number of halogens is 3. The van der Waals surface area contributed by atoms with Crippen molar-refractivity contribution in [2.45, 2.75) is 27.0 Å². The maximum absolute atomic E-state index is 14.0. The van der Waals surface area contributed by atoms with E-state index >= 15 is 0 Å². The standard InChI is InChI=1S/C23H22BrClFNO2/c1-14-7-8-17(9-15(14)2)27-12-16-10-22(28-3)23(11-19(16)24)29-13-18-20(25)5-4-6-21(18)26/h4-11,27H,12-13H2,1-3H3. The van der Waals surface area contributed by atoms with Crippen molar-refractivity contribution >= 4 is 33.2 Å². The Morgan fingerprint density at radius 3 is 2.52 bits per heavy atom. The van der Waals surface area contributed by atoms with E-state index in [-0.39, 0.29) is 6.61 Å². The van der Waals surface area contributed by atoms with Crippen LogP contribution < -0.4 is 14.8 Å². The normalized spacial score (nSPS) is 10.7. The summed E-state index contributed by atoms with van der Waals surface area (Å²) in [5, 5.41) is 3.75. The Morgan fingerprint density at radius 1 is 1.03 bits per heavy atom. The fourth-order valence-corrected chi connectivity index (χ4v) is 3.53. The summed E-state index contributed by atoms with van der Waals surface area (Å²) in [7, 11) is 1.58. The van der Waals surface area contributed by atoms with Crippen molar-refractivity contribution in [3.05, 3.63) is 86.1 Å². The molecule has 0 atom stereocenters. The first-order valence-electron chi connectivity index (χ1n) is 9.12. The number of nitrogens with one attached hydrogen (secondary N) is 1. The van der Waals surface area contributed by atoms with Gasteiger partial charge >= 0.3 is 0 Å². The number of methoxy groups -OCH3 is 1. The molecule has 3 rings (SSSR count). The van der Waals surface area contributed by atoms with E-state index in [1.165, 1.54) is 17.2 Å². The van der Waals surface area contributed by atoms with Crippen molar-refractivity contribution in [3.8, 4) is 11.5 Å². The summed E-state index contributed by atoms with van der Waals surface area (Å²) < 4.78 is 26.1. The number of aryl methyl sites for hydroxylation is 2. The third-order valence-electron chi connectivity index (χ3n) is 4.76. The van der Waals surface area contributed by atoms with Crippen molar-refractivity contribution in [2.24, 2.45) is 0 Å². The minimum absolute atomic E-state index is 0.00848. The number of rotatable bonds is 7. The van der Waals surface area contributed by atoms with E-state index in [0.29, 0.717) is 28.6 Å². The van der Waals surface area contributed by atoms with Gasteiger partial charge in [-0.2, -0.15) is 0 Å². The van der Waals surface area contributed by atoms with Crippen molar-refractivity contribution in [2.75, 3.05) is 12.4 Å². The summed E-state index contributed by atoms with van der Waals surface area (Å²) in [6.45, 7) is 4.80. The zero-order valence-corrected chi connectivity index (χ0v) is 18.8. The lowest BCUT2D eigenvalue weighted by atomic mass is 10.1. The minimum atomic E-state index is -0.398. The van der Waals surface area contributed by atoms with Crippen LogP contribution in [-0.2, 0) is 13.2 Å². The Labute approximate surface area is 183 Å². The predicted octanol–water partition coefficient (Wildman–Crippen LogP) is 7.06. The maximum Gasteiger partial charge on any atom is 0.162 e. The van der Waals surface area contributed by atoms with Crippen molar-refractivity contribution in [1.82, 2.24) is 0 Å². The predicted molar refractivity (Wildman–Crippen MR) is 120 cm³/mol. The second kappa shape index (κ2) is 9.51. The molecule has 0 aliphatic carbocycles. The van der Waals surface area contributed by atoms with Gasteiger partial charge in [0.2, 0.25) is 0 Å². The van der Waals surface area contributed by atoms with Crippen LogP contribution in [0.25, 0.3) is 0 Å². The molecule has 6 heteroatoms. The topological polar surface area (TPSA) is 30.5 Å². The Balaban J connectivity index is 1.75. The van der Waals surface area contributed by atoms with Crippen LogP contribution in [0.3, 0.4) is 0 Å². The molecule has 0 aromatic heterocycles. The van der Waals surface area contributed by atoms with E-state index in [2.05, 4.69) is 53.3 Å². The van der Waals surface area contributed by atoms with Crippen LogP contribution in [0.2, 0.25) is 5.02 Å². The first kappa shape index (κ1) is 21.5. The molecule has 0 saturated carbocycles. The molecule has 0 amide bonds. The number of hydrogen-bond acceptors (Lipinski definition) is 3. The average molecular weight is 479 g/mol. The molecule has 29 heavy (non-hydrogen) atoms. The summed E-state index contributed by atoms with van der Waals surface area (Å²) >= 11 is 9.67. The van der Waals surface area contributed by atoms with Gasteiger partial charge in [0.1, 0.15) is 12.4 Å². The molecule has 3 nitrogen and oxygen atoms in total. The Hall–Kier alpha value is -2.24. The molecule has 0 saturated heterocycles. The van der Waals surface area contributed by atoms with Crippen molar-refractivity contribution < 1.29 is 13.9 Å². The van der Waals surface area contributed by atoms with Gasteiger partial charge in [0.25, 0.3) is 0 Å². The Kier molecular flexibility index (Phi) is 7.04. The number of anilines is 1. The number of benzene rings is 3. The number of ether oxygens (including phenoxy) is 2. The Morgan fingerprint density at radius 2 is 1.83 bits per heavy atom. The van der Waals surface area contributed by atoms with E-state index in [1.807, 2.05) is 12.1 Å². The van der Waals surface area contributed by atoms with Gasteiger partial charge in [0.05, 0.1) is 12.1 Å². The zero-order valence-electron chi connectivity index (χ0n) is 16.5. The van der Waals surface area contributed by atoms with Gasteiger partial charge in [0.15, 0.2) is 11.5 Å². The molecule has 0 heterocycles. The highest BCUT2D eigenvalue weighted by atomic mass is 79.9. The molecule has 0 unspecified atom stereocenters. The summed E-state index contributed by atoms with van der Waals surface area (Å²) in [5.41, 5.74) is 4.87. The van der Waals surface area contributed by atoms with E-state index in [0.717, 1.165) is 15.7 Å². The third kappa shape index (κ3) is 5.22. The van der Waals surface area contributed by atoms with E-state index in [1.54, 1.807) is 19.2 Å². The van der Waals surface area contributed by atoms with E-state index in [4.69, 9.17) is 21.1 Å². The van der Waals surface area contributed by atoms with Crippen molar-refractivity contribution in [1.29, 1.82) is 0 Å². The van der Waals surface area contributed by atoms with Crippen LogP contribution in [0.5, 0.6) is 11.5 Å². The highest BCUT2D eigenvalue weighted by molar-refractivity contribution is 9.10. The van der Waals surface area contributed by atoms with Crippen LogP contribution in [0.4, 0.5) is 10.1 Å². The van der Waals surface area contributed by atoms with Gasteiger partial charge in [-0.15, -0.1) is 0 Å². The summed E-state index contributed by atoms with van der Waals surface area (Å²) in [5.74, 6) is 0.677. The van der Waals surface area contributed by atoms with Gasteiger partial charge in [-0.3, -0.25) is 0 Å². The second-order valence-electron chi connectivity index (χ2n) is 6.74. The molecular formula is C23H22BrClFNO2. The zero-order chi connectivity index (χ0) is 21.0. The molecule has 0 radical (unpaired) electrons. The fraction of sp³-hybridized carbons (Fsp3) is 0.217. The lowest BCUT2D eigenvalue weighted by Crippen LogP contribution is -2.04. The van der Waals surface area contributed by atoms with Crippen LogP contribution in [-0.4, -0.2) is 7.11 Å². The number of hydrogen-bond donors (Lipinski definition) is 1. The summed E-state index contributed by atoms with van der Waals surface area (Å²) in [4.78, 5) is 0. The largest absolute Gasteiger partial charge is 0.493 e. The van der Waals surface area contributed by atoms with Crippen LogP contribution >= 0.6 is 27.5 Å². The third-order valence-corrected chi connectivity index (χ3v) is 5.85. The monoisotopic (exact) mass is 477 g/mol. The van der Waals surface area contributed by atoms with Gasteiger partial charge in [-0.05, 0) is 66.9 Å². The highest BCUT2D eigenvalue weighted by Gasteiger charge is 2.13. The summed E-state index contributed by atoms with van der Waals surface area (Å²) in [6.07, 6.45) is 0. The molecule has 0 aliphatic rings. The first-order chi connectivity index (χ1) is 13.9. The van der Waals surface area contributed by atoms with Crippen molar-refractivity contribution in [3.63, 3.8) is 0 Å². The molecule has 1 N–H and O–H groups in total. The minimum Gasteiger partial charge on any atom is -0.493 e. The van der Waals surface area contributed by atoms with Crippen LogP contribution in [0.15, 0.2) is 53.0 Å². The quantitative estimate of drug-likeness (QED) is 0.394. The maximum atomic E-state index is 14.0. The lowest BCUT2D eigenvalue weighted by Gasteiger charge is -2.16. The SMILES string of the molecule is COc1cc(CNc2ccc(C)c(C)c2)c(Br)cc1OCc1c(F)cccc1Cl. The first-order valence-corrected chi connectivity index (χ1v) is 10.3. The molecule has 0 fully saturated rings. The van der Waals surface area contributed by atoms with Crippen LogP contribution in [0.1, 0.15) is 22.3 Å². The smallest absolute Gasteiger partial charge is 0.162 e. The van der Waals surface area contributed by atoms with Crippen LogP contribution in [0, 0.1) is 19.7 Å². The van der Waals surface area contributed by atoms with E-state index < -0.39 is 5.82 Å². The lowest BCUT2D eigenvalue weighted by molar-refractivity contribution is 0.279. The summed E-state index contributed by atoms with van der Waals surface area (Å²) in [6, 6.07) is 14.6. The Bertz CT molecular complexity index is 1010. The molecular weight excluding hydrogens is 457 g/mol. The highest BCUT2D eigenvalue weighted by Crippen LogP contribution is 2.35. The van der Waals surface area contributed by atoms with Gasteiger partial charge < -0.3 is 14.8 Å². The average Bonchev–Trinajstić information content (AvgIpc) is 2.69. The molecule has 3 aromatic carbocycles. The molecule has 0 bridgehead atoms. The van der Waals surface area contributed by atoms with Gasteiger partial charge in [-0.25, -0.2) is 4.39 Å². The second-order valence-corrected chi connectivity index (χ2v) is 8.00. The fourth-order valence-electron chi connectivity index (χ4n) is 2.85. The molecule has 0 spiro atoms.